The molecule has 3 rings (SSSR count). The van der Waals surface area contributed by atoms with Gasteiger partial charge in [0.2, 0.25) is 5.91 Å². The van der Waals surface area contributed by atoms with E-state index < -0.39 is 0 Å². The fourth-order valence-electron chi connectivity index (χ4n) is 2.46. The van der Waals surface area contributed by atoms with Crippen LogP contribution in [-0.2, 0) is 4.79 Å². The highest BCUT2D eigenvalue weighted by Crippen LogP contribution is 2.24. The topological polar surface area (TPSA) is 54.7 Å². The molecule has 0 aliphatic heterocycles. The maximum atomic E-state index is 12.6. The number of nitrogens with zero attached hydrogens (tertiary/aromatic N) is 3. The van der Waals surface area contributed by atoms with Crippen molar-refractivity contribution in [3.8, 4) is 0 Å². The molecule has 0 saturated carbocycles. The normalized spacial score (nSPS) is 10.7. The molecule has 0 atom stereocenters. The van der Waals surface area contributed by atoms with Gasteiger partial charge in [-0.25, -0.2) is 4.98 Å². The summed E-state index contributed by atoms with van der Waals surface area (Å²) in [5, 5.41) is 0. The van der Waals surface area contributed by atoms with Gasteiger partial charge in [-0.3, -0.25) is 18.9 Å². The van der Waals surface area contributed by atoms with Gasteiger partial charge in [-0.1, -0.05) is 31.2 Å². The predicted octanol–water partition coefficient (Wildman–Crippen LogP) is 3.16. The number of pyridine rings is 1. The molecule has 5 nitrogen and oxygen atoms in total. The number of hydrogen-bond donors (Lipinski definition) is 0. The number of amides is 1. The van der Waals surface area contributed by atoms with E-state index in [1.54, 1.807) is 18.3 Å². The summed E-state index contributed by atoms with van der Waals surface area (Å²) in [7, 11) is 0. The molecule has 0 radical (unpaired) electrons. The minimum Gasteiger partial charge on any atom is -0.274 e. The average Bonchev–Trinajstić information content (AvgIpc) is 2.56. The summed E-state index contributed by atoms with van der Waals surface area (Å²) in [5.74, 6) is 0.275. The van der Waals surface area contributed by atoms with Crippen molar-refractivity contribution in [1.29, 1.82) is 0 Å². The first kappa shape index (κ1) is 15.0. The molecule has 23 heavy (non-hydrogen) atoms. The van der Waals surface area contributed by atoms with Crippen molar-refractivity contribution in [2.45, 2.75) is 19.8 Å². The molecule has 0 bridgehead atoms. The Bertz CT molecular complexity index is 887. The fraction of sp³-hybridized carbons (Fsp3) is 0.167. The minimum absolute atomic E-state index is 0.0779. The van der Waals surface area contributed by atoms with E-state index in [-0.39, 0.29) is 11.5 Å². The Morgan fingerprint density at radius 3 is 2.61 bits per heavy atom. The molecule has 0 N–H and O–H groups in total. The van der Waals surface area contributed by atoms with Crippen molar-refractivity contribution in [1.82, 2.24) is 9.38 Å². The van der Waals surface area contributed by atoms with Crippen LogP contribution in [0.3, 0.4) is 0 Å². The first-order valence-electron chi connectivity index (χ1n) is 7.57. The third-order valence-electron chi connectivity index (χ3n) is 3.51. The Kier molecular flexibility index (Phi) is 4.19. The predicted molar refractivity (Wildman–Crippen MR) is 90.0 cm³/mol. The lowest BCUT2D eigenvalue weighted by molar-refractivity contribution is -0.117. The van der Waals surface area contributed by atoms with E-state index in [4.69, 9.17) is 0 Å². The number of carbonyl (C=O) groups is 1. The summed E-state index contributed by atoms with van der Waals surface area (Å²) in [6, 6.07) is 16.0. The zero-order valence-electron chi connectivity index (χ0n) is 12.8. The van der Waals surface area contributed by atoms with E-state index in [1.165, 1.54) is 15.4 Å². The number of aromatic nitrogens is 2. The zero-order chi connectivity index (χ0) is 16.2. The quantitative estimate of drug-likeness (QED) is 0.744. The first-order chi connectivity index (χ1) is 11.2. The van der Waals surface area contributed by atoms with Gasteiger partial charge in [-0.15, -0.1) is 0 Å². The molecule has 2 heterocycles. The van der Waals surface area contributed by atoms with E-state index in [0.29, 0.717) is 23.6 Å². The molecule has 0 saturated heterocycles. The smallest absolute Gasteiger partial charge is 0.259 e. The number of fused-ring (bicyclic) bond motifs is 1. The van der Waals surface area contributed by atoms with E-state index in [9.17, 15) is 9.59 Å². The maximum Gasteiger partial charge on any atom is 0.259 e. The van der Waals surface area contributed by atoms with Gasteiger partial charge in [0.05, 0.1) is 5.69 Å². The molecule has 5 heteroatoms. The number of anilines is 2. The summed E-state index contributed by atoms with van der Waals surface area (Å²) in [5.41, 5.74) is 1.01. The van der Waals surface area contributed by atoms with Crippen molar-refractivity contribution in [2.75, 3.05) is 4.90 Å². The summed E-state index contributed by atoms with van der Waals surface area (Å²) >= 11 is 0. The number of hydrogen-bond acceptors (Lipinski definition) is 3. The van der Waals surface area contributed by atoms with Crippen LogP contribution in [0.2, 0.25) is 0 Å². The molecular formula is C18H17N3O2. The number of carbonyl (C=O) groups excluding carboxylic acids is 1. The number of para-hydroxylation sites is 1. The van der Waals surface area contributed by atoms with Crippen LogP contribution in [-0.4, -0.2) is 15.3 Å². The summed E-state index contributed by atoms with van der Waals surface area (Å²) < 4.78 is 1.46. The SMILES string of the molecule is CCCC(=O)N(c1ccccc1)c1cc(=O)n2ccccc2n1. The second-order valence-corrected chi connectivity index (χ2v) is 5.20. The van der Waals surface area contributed by atoms with Crippen molar-refractivity contribution in [3.63, 3.8) is 0 Å². The van der Waals surface area contributed by atoms with Crippen LogP contribution in [0.4, 0.5) is 11.5 Å². The van der Waals surface area contributed by atoms with E-state index in [2.05, 4.69) is 4.98 Å². The van der Waals surface area contributed by atoms with Gasteiger partial charge in [0, 0.05) is 18.7 Å². The van der Waals surface area contributed by atoms with Gasteiger partial charge < -0.3 is 0 Å². The first-order valence-corrected chi connectivity index (χ1v) is 7.57. The van der Waals surface area contributed by atoms with Crippen molar-refractivity contribution < 1.29 is 4.79 Å². The average molecular weight is 307 g/mol. The van der Waals surface area contributed by atoms with Crippen LogP contribution in [0.1, 0.15) is 19.8 Å². The fourth-order valence-corrected chi connectivity index (χ4v) is 2.46. The second kappa shape index (κ2) is 6.44. The van der Waals surface area contributed by atoms with Crippen molar-refractivity contribution >= 4 is 23.1 Å². The lowest BCUT2D eigenvalue weighted by Gasteiger charge is -2.22. The second-order valence-electron chi connectivity index (χ2n) is 5.20. The van der Waals surface area contributed by atoms with E-state index in [0.717, 1.165) is 6.42 Å². The van der Waals surface area contributed by atoms with Gasteiger partial charge in [0.25, 0.3) is 5.56 Å². The third kappa shape index (κ3) is 2.99. The largest absolute Gasteiger partial charge is 0.274 e. The molecule has 0 unspecified atom stereocenters. The molecule has 2 aromatic heterocycles. The summed E-state index contributed by atoms with van der Waals surface area (Å²) in [6.45, 7) is 1.95. The number of rotatable bonds is 4. The van der Waals surface area contributed by atoms with E-state index >= 15 is 0 Å². The van der Waals surface area contributed by atoms with Gasteiger partial charge in [0.15, 0.2) is 0 Å². The van der Waals surface area contributed by atoms with Crippen LogP contribution in [0, 0.1) is 0 Å². The van der Waals surface area contributed by atoms with Crippen LogP contribution in [0.25, 0.3) is 5.65 Å². The molecule has 116 valence electrons. The third-order valence-corrected chi connectivity index (χ3v) is 3.51. The lowest BCUT2D eigenvalue weighted by Crippen LogP contribution is -2.28. The molecular weight excluding hydrogens is 290 g/mol. The highest BCUT2D eigenvalue weighted by Gasteiger charge is 2.19. The lowest BCUT2D eigenvalue weighted by atomic mass is 10.2. The molecule has 0 aliphatic carbocycles. The monoisotopic (exact) mass is 307 g/mol. The highest BCUT2D eigenvalue weighted by atomic mass is 16.2. The van der Waals surface area contributed by atoms with Gasteiger partial charge in [0.1, 0.15) is 11.5 Å². The highest BCUT2D eigenvalue weighted by molar-refractivity contribution is 5.99. The Labute approximate surface area is 133 Å². The zero-order valence-corrected chi connectivity index (χ0v) is 12.8. The van der Waals surface area contributed by atoms with Crippen molar-refractivity contribution in [3.05, 3.63) is 71.1 Å². The van der Waals surface area contributed by atoms with Crippen LogP contribution >= 0.6 is 0 Å². The summed E-state index contributed by atoms with van der Waals surface area (Å²) in [4.78, 5) is 30.9. The molecule has 3 aromatic rings. The Hall–Kier alpha value is -2.95. The number of benzene rings is 1. The molecule has 0 spiro atoms. The molecule has 1 amide bonds. The Morgan fingerprint density at radius 1 is 1.13 bits per heavy atom. The van der Waals surface area contributed by atoms with Crippen LogP contribution in [0.15, 0.2) is 65.6 Å². The van der Waals surface area contributed by atoms with Crippen LogP contribution in [0.5, 0.6) is 0 Å². The molecule has 1 aromatic carbocycles. The van der Waals surface area contributed by atoms with Gasteiger partial charge in [-0.2, -0.15) is 0 Å². The van der Waals surface area contributed by atoms with Gasteiger partial charge >= 0.3 is 0 Å². The summed E-state index contributed by atoms with van der Waals surface area (Å²) in [6.07, 6.45) is 2.79. The van der Waals surface area contributed by atoms with E-state index in [1.807, 2.05) is 43.3 Å². The Morgan fingerprint density at radius 2 is 1.87 bits per heavy atom. The molecule has 0 aliphatic rings. The molecule has 0 fully saturated rings. The van der Waals surface area contributed by atoms with Crippen molar-refractivity contribution in [2.24, 2.45) is 0 Å². The standard InChI is InChI=1S/C18H17N3O2/c1-2-8-17(22)21(14-9-4-3-5-10-14)16-13-18(23)20-12-7-6-11-15(20)19-16/h3-7,9-13H,2,8H2,1H3. The Balaban J connectivity index is 2.17. The minimum atomic E-state index is -0.212. The van der Waals surface area contributed by atoms with Gasteiger partial charge in [-0.05, 0) is 30.7 Å². The maximum absolute atomic E-state index is 12.6. The van der Waals surface area contributed by atoms with Crippen LogP contribution < -0.4 is 10.5 Å².